The first-order valence-electron chi connectivity index (χ1n) is 4.50. The van der Waals surface area contributed by atoms with Gasteiger partial charge in [0.15, 0.2) is 0 Å². The van der Waals surface area contributed by atoms with Gasteiger partial charge < -0.3 is 0 Å². The largest absolute Gasteiger partial charge is 0.106 e. The van der Waals surface area contributed by atoms with Crippen LogP contribution in [-0.4, -0.2) is 0 Å². The quantitative estimate of drug-likeness (QED) is 0.456. The second-order valence-corrected chi connectivity index (χ2v) is 4.41. The highest BCUT2D eigenvalue weighted by Gasteiger charge is 1.95. The standard InChI is InChI=1S/C5H12.C4H8.C2H4/c1-5(2,3)4;1-2-4-3-1;1-2/h1-4H3;1-4H2;1-2H2. The molecule has 11 heavy (non-hydrogen) atoms. The predicted molar refractivity (Wildman–Crippen MR) is 54.9 cm³/mol. The van der Waals surface area contributed by atoms with Gasteiger partial charge in [-0.1, -0.05) is 53.4 Å². The molecule has 0 spiro atoms. The molecule has 1 aliphatic carbocycles. The van der Waals surface area contributed by atoms with E-state index in [4.69, 9.17) is 0 Å². The van der Waals surface area contributed by atoms with Crippen LogP contribution < -0.4 is 0 Å². The molecular weight excluding hydrogens is 132 g/mol. The van der Waals surface area contributed by atoms with Crippen molar-refractivity contribution in [3.8, 4) is 0 Å². The van der Waals surface area contributed by atoms with Crippen LogP contribution in [0.4, 0.5) is 0 Å². The minimum absolute atomic E-state index is 0.500. The molecule has 1 saturated carbocycles. The predicted octanol–water partition coefficient (Wildman–Crippen LogP) is 4.42. The fraction of sp³-hybridized carbons (Fsp3) is 0.818. The third-order valence-electron chi connectivity index (χ3n) is 1.000. The molecule has 0 unspecified atom stereocenters. The van der Waals surface area contributed by atoms with Crippen molar-refractivity contribution in [2.45, 2.75) is 53.4 Å². The van der Waals surface area contributed by atoms with Gasteiger partial charge in [-0.05, 0) is 5.41 Å². The first kappa shape index (κ1) is 13.3. The third kappa shape index (κ3) is 41.7. The Morgan fingerprint density at radius 1 is 0.727 bits per heavy atom. The lowest BCUT2D eigenvalue weighted by Crippen LogP contribution is -1.93. The van der Waals surface area contributed by atoms with Gasteiger partial charge in [0.05, 0.1) is 0 Å². The minimum Gasteiger partial charge on any atom is -0.106 e. The summed E-state index contributed by atoms with van der Waals surface area (Å²) in [5.41, 5.74) is 0.500. The summed E-state index contributed by atoms with van der Waals surface area (Å²) in [6, 6.07) is 0. The summed E-state index contributed by atoms with van der Waals surface area (Å²) in [5.74, 6) is 0. The molecule has 0 saturated heterocycles. The van der Waals surface area contributed by atoms with Crippen LogP contribution in [-0.2, 0) is 0 Å². The molecule has 0 radical (unpaired) electrons. The van der Waals surface area contributed by atoms with Crippen molar-refractivity contribution in [2.24, 2.45) is 5.41 Å². The van der Waals surface area contributed by atoms with E-state index in [9.17, 15) is 0 Å². The summed E-state index contributed by atoms with van der Waals surface area (Å²) in [5, 5.41) is 0. The Balaban J connectivity index is 0. The van der Waals surface area contributed by atoms with Crippen molar-refractivity contribution in [3.05, 3.63) is 13.2 Å². The normalized spacial score (nSPS) is 14.5. The fourth-order valence-corrected chi connectivity index (χ4v) is 0.250. The molecule has 0 nitrogen and oxygen atoms in total. The van der Waals surface area contributed by atoms with E-state index in [0.29, 0.717) is 5.41 Å². The van der Waals surface area contributed by atoms with E-state index < -0.39 is 0 Å². The lowest BCUT2D eigenvalue weighted by atomic mass is 10.0. The maximum Gasteiger partial charge on any atom is -0.0411 e. The number of hydrogen-bond acceptors (Lipinski definition) is 0. The topological polar surface area (TPSA) is 0 Å². The van der Waals surface area contributed by atoms with Crippen molar-refractivity contribution >= 4 is 0 Å². The molecule has 0 aromatic heterocycles. The zero-order valence-corrected chi connectivity index (χ0v) is 8.74. The lowest BCUT2D eigenvalue weighted by molar-refractivity contribution is 0.469. The van der Waals surface area contributed by atoms with E-state index in [2.05, 4.69) is 40.9 Å². The zero-order valence-electron chi connectivity index (χ0n) is 8.74. The maximum atomic E-state index is 3.00. The Bertz CT molecular complexity index is 52.6. The van der Waals surface area contributed by atoms with Crippen molar-refractivity contribution in [3.63, 3.8) is 0 Å². The van der Waals surface area contributed by atoms with Crippen LogP contribution in [0.2, 0.25) is 0 Å². The molecule has 0 aliphatic heterocycles. The summed E-state index contributed by atoms with van der Waals surface area (Å²) in [6.45, 7) is 14.8. The second kappa shape index (κ2) is 7.84. The van der Waals surface area contributed by atoms with Gasteiger partial charge in [-0.2, -0.15) is 0 Å². The van der Waals surface area contributed by atoms with Gasteiger partial charge in [0, 0.05) is 0 Å². The highest BCUT2D eigenvalue weighted by atomic mass is 14.0. The first-order valence-corrected chi connectivity index (χ1v) is 4.50. The molecule has 1 fully saturated rings. The molecule has 0 N–H and O–H groups in total. The molecule has 0 amide bonds. The van der Waals surface area contributed by atoms with E-state index in [1.54, 1.807) is 0 Å². The van der Waals surface area contributed by atoms with Gasteiger partial charge in [0.2, 0.25) is 0 Å². The summed E-state index contributed by atoms with van der Waals surface area (Å²) >= 11 is 0. The SMILES string of the molecule is C1CCC1.C=C.CC(C)(C)C. The van der Waals surface area contributed by atoms with E-state index >= 15 is 0 Å². The smallest absolute Gasteiger partial charge is 0.0411 e. The van der Waals surface area contributed by atoms with Crippen molar-refractivity contribution in [2.75, 3.05) is 0 Å². The Morgan fingerprint density at radius 2 is 0.818 bits per heavy atom. The Labute approximate surface area is 72.7 Å². The van der Waals surface area contributed by atoms with Crippen LogP contribution in [0.5, 0.6) is 0 Å². The van der Waals surface area contributed by atoms with Crippen molar-refractivity contribution in [1.82, 2.24) is 0 Å². The average Bonchev–Trinajstić information content (AvgIpc) is 1.59. The van der Waals surface area contributed by atoms with Gasteiger partial charge in [-0.3, -0.25) is 0 Å². The van der Waals surface area contributed by atoms with Crippen molar-refractivity contribution < 1.29 is 0 Å². The van der Waals surface area contributed by atoms with Gasteiger partial charge in [-0.15, -0.1) is 13.2 Å². The van der Waals surface area contributed by atoms with Gasteiger partial charge in [0.1, 0.15) is 0 Å². The summed E-state index contributed by atoms with van der Waals surface area (Å²) in [7, 11) is 0. The molecule has 0 atom stereocenters. The highest BCUT2D eigenvalue weighted by Crippen LogP contribution is 2.15. The van der Waals surface area contributed by atoms with Crippen LogP contribution in [0.25, 0.3) is 0 Å². The molecule has 68 valence electrons. The highest BCUT2D eigenvalue weighted by molar-refractivity contribution is 4.50. The molecule has 0 aromatic rings. The summed E-state index contributed by atoms with van der Waals surface area (Å²) in [4.78, 5) is 0. The van der Waals surface area contributed by atoms with Crippen LogP contribution in [0.1, 0.15) is 53.4 Å². The molecule has 1 rings (SSSR count). The summed E-state index contributed by atoms with van der Waals surface area (Å²) < 4.78 is 0. The van der Waals surface area contributed by atoms with Crippen LogP contribution >= 0.6 is 0 Å². The van der Waals surface area contributed by atoms with E-state index in [-0.39, 0.29) is 0 Å². The van der Waals surface area contributed by atoms with Crippen molar-refractivity contribution in [1.29, 1.82) is 0 Å². The lowest BCUT2D eigenvalue weighted by Gasteiger charge is -2.05. The maximum absolute atomic E-state index is 3.00. The zero-order chi connectivity index (χ0) is 9.33. The van der Waals surface area contributed by atoms with E-state index in [1.807, 2.05) is 0 Å². The Morgan fingerprint density at radius 3 is 0.818 bits per heavy atom. The fourth-order valence-electron chi connectivity index (χ4n) is 0.250. The average molecular weight is 156 g/mol. The second-order valence-electron chi connectivity index (χ2n) is 4.41. The third-order valence-corrected chi connectivity index (χ3v) is 1.000. The van der Waals surface area contributed by atoms with Gasteiger partial charge in [0.25, 0.3) is 0 Å². The van der Waals surface area contributed by atoms with Gasteiger partial charge in [-0.25, -0.2) is 0 Å². The van der Waals surface area contributed by atoms with E-state index in [0.717, 1.165) is 0 Å². The van der Waals surface area contributed by atoms with Gasteiger partial charge >= 0.3 is 0 Å². The van der Waals surface area contributed by atoms with Crippen LogP contribution in [0.3, 0.4) is 0 Å². The molecule has 0 heteroatoms. The molecule has 0 aromatic carbocycles. The molecular formula is C11H24. The monoisotopic (exact) mass is 156 g/mol. The number of rotatable bonds is 0. The van der Waals surface area contributed by atoms with Crippen LogP contribution in [0.15, 0.2) is 13.2 Å². The molecule has 0 heterocycles. The van der Waals surface area contributed by atoms with Crippen LogP contribution in [0, 0.1) is 5.41 Å². The Hall–Kier alpha value is -0.260. The first-order chi connectivity index (χ1) is 5.00. The minimum atomic E-state index is 0.500. The van der Waals surface area contributed by atoms with E-state index in [1.165, 1.54) is 25.7 Å². The Kier molecular flexibility index (Phi) is 9.51. The summed E-state index contributed by atoms with van der Waals surface area (Å²) in [6.07, 6.45) is 6.00. The molecule has 1 aliphatic rings. The molecule has 0 bridgehead atoms. The number of hydrogen-bond donors (Lipinski definition) is 0.